The van der Waals surface area contributed by atoms with Crippen LogP contribution in [0.5, 0.6) is 0 Å². The molecule has 3 heteroatoms. The first-order chi connectivity index (χ1) is 7.74. The van der Waals surface area contributed by atoms with Crippen LogP contribution in [0.2, 0.25) is 0 Å². The third-order valence-corrected chi connectivity index (χ3v) is 3.10. The highest BCUT2D eigenvalue weighted by Gasteiger charge is 2.06. The van der Waals surface area contributed by atoms with Gasteiger partial charge in [-0.15, -0.1) is 0 Å². The first kappa shape index (κ1) is 12.8. The number of carboxylic acids is 1. The Kier molecular flexibility index (Phi) is 5.72. The number of unbranched alkanes of at least 4 members (excludes halogenated alkanes) is 1. The van der Waals surface area contributed by atoms with Crippen LogP contribution in [0, 0.1) is 0 Å². The molecule has 0 aliphatic rings. The van der Waals surface area contributed by atoms with Crippen molar-refractivity contribution >= 4 is 17.7 Å². The summed E-state index contributed by atoms with van der Waals surface area (Å²) in [6.45, 7) is 2.06. The summed E-state index contributed by atoms with van der Waals surface area (Å²) in [5, 5.41) is 10.7. The van der Waals surface area contributed by atoms with Gasteiger partial charge in [0.25, 0.3) is 0 Å². The summed E-state index contributed by atoms with van der Waals surface area (Å²) in [7, 11) is 0. The Balaban J connectivity index is 2.61. The van der Waals surface area contributed by atoms with Crippen molar-refractivity contribution in [2.45, 2.75) is 31.1 Å². The number of benzene rings is 1. The van der Waals surface area contributed by atoms with E-state index in [1.54, 1.807) is 5.41 Å². The molecule has 0 saturated heterocycles. The van der Waals surface area contributed by atoms with Gasteiger partial charge in [0.05, 0.1) is 0 Å². The van der Waals surface area contributed by atoms with Gasteiger partial charge in [0.1, 0.15) is 0 Å². The maximum Gasteiger partial charge on any atom is 0.332 e. The Labute approximate surface area is 100 Å². The number of carbonyl (C=O) groups is 1. The van der Waals surface area contributed by atoms with Gasteiger partial charge < -0.3 is 5.11 Å². The van der Waals surface area contributed by atoms with E-state index in [9.17, 15) is 4.79 Å². The van der Waals surface area contributed by atoms with Crippen molar-refractivity contribution in [1.82, 2.24) is 0 Å². The molecule has 2 nitrogen and oxygen atoms in total. The molecule has 0 amide bonds. The average Bonchev–Trinajstić information content (AvgIpc) is 2.30. The molecular formula is C13H16O2S. The fraction of sp³-hybridized carbons (Fsp3) is 0.308. The summed E-state index contributed by atoms with van der Waals surface area (Å²) >= 11 is 1.46. The van der Waals surface area contributed by atoms with Gasteiger partial charge in [0, 0.05) is 10.5 Å². The minimum atomic E-state index is -0.808. The van der Waals surface area contributed by atoms with Crippen molar-refractivity contribution in [2.24, 2.45) is 0 Å². The predicted molar refractivity (Wildman–Crippen MR) is 67.5 cm³/mol. The average molecular weight is 236 g/mol. The highest BCUT2D eigenvalue weighted by molar-refractivity contribution is 8.02. The number of thioether (sulfide) groups is 1. The largest absolute Gasteiger partial charge is 0.478 e. The fourth-order valence-electron chi connectivity index (χ4n) is 1.22. The standard InChI is InChI=1S/C13H16O2S/c1-2-3-7-11(13(14)15)10-16-12-8-5-4-6-9-12/h4-6,8-10H,2-3,7H2,1H3,(H,14,15). The minimum absolute atomic E-state index is 0.496. The maximum absolute atomic E-state index is 10.9. The normalized spacial score (nSPS) is 11.4. The molecule has 0 fully saturated rings. The SMILES string of the molecule is CCCCC(=CSc1ccccc1)C(=O)O. The van der Waals surface area contributed by atoms with E-state index in [-0.39, 0.29) is 0 Å². The molecule has 0 radical (unpaired) electrons. The van der Waals surface area contributed by atoms with Gasteiger partial charge in [-0.3, -0.25) is 0 Å². The van der Waals surface area contributed by atoms with Gasteiger partial charge in [0.2, 0.25) is 0 Å². The first-order valence-electron chi connectivity index (χ1n) is 5.38. The fourth-order valence-corrected chi connectivity index (χ4v) is 2.03. The Bertz CT molecular complexity index is 357. The zero-order valence-corrected chi connectivity index (χ0v) is 10.2. The van der Waals surface area contributed by atoms with Crippen molar-refractivity contribution < 1.29 is 9.90 Å². The predicted octanol–water partition coefficient (Wildman–Crippen LogP) is 3.94. The van der Waals surface area contributed by atoms with Crippen LogP contribution < -0.4 is 0 Å². The molecule has 1 rings (SSSR count). The van der Waals surface area contributed by atoms with Crippen molar-refractivity contribution in [1.29, 1.82) is 0 Å². The van der Waals surface area contributed by atoms with Gasteiger partial charge in [0.15, 0.2) is 0 Å². The summed E-state index contributed by atoms with van der Waals surface area (Å²) in [4.78, 5) is 12.0. The molecule has 0 atom stereocenters. The Morgan fingerprint density at radius 1 is 1.38 bits per heavy atom. The number of hydrogen-bond acceptors (Lipinski definition) is 2. The third-order valence-electron chi connectivity index (χ3n) is 2.15. The molecule has 0 bridgehead atoms. The summed E-state index contributed by atoms with van der Waals surface area (Å²) < 4.78 is 0. The van der Waals surface area contributed by atoms with E-state index in [1.165, 1.54) is 11.8 Å². The van der Waals surface area contributed by atoms with E-state index in [0.717, 1.165) is 17.7 Å². The Morgan fingerprint density at radius 2 is 2.06 bits per heavy atom. The summed E-state index contributed by atoms with van der Waals surface area (Å²) in [5.41, 5.74) is 0.496. The van der Waals surface area contributed by atoms with E-state index >= 15 is 0 Å². The van der Waals surface area contributed by atoms with Crippen molar-refractivity contribution in [2.75, 3.05) is 0 Å². The lowest BCUT2D eigenvalue weighted by Gasteiger charge is -2.01. The van der Waals surface area contributed by atoms with E-state index in [1.807, 2.05) is 30.3 Å². The van der Waals surface area contributed by atoms with Crippen LogP contribution in [0.4, 0.5) is 0 Å². The second-order valence-corrected chi connectivity index (χ2v) is 4.43. The molecule has 0 spiro atoms. The molecular weight excluding hydrogens is 220 g/mol. The van der Waals surface area contributed by atoms with Crippen LogP contribution in [0.3, 0.4) is 0 Å². The lowest BCUT2D eigenvalue weighted by atomic mass is 10.1. The van der Waals surface area contributed by atoms with Crippen LogP contribution in [0.25, 0.3) is 0 Å². The van der Waals surface area contributed by atoms with Gasteiger partial charge in [-0.25, -0.2) is 4.79 Å². The smallest absolute Gasteiger partial charge is 0.332 e. The second kappa shape index (κ2) is 7.12. The monoisotopic (exact) mass is 236 g/mol. The molecule has 16 heavy (non-hydrogen) atoms. The van der Waals surface area contributed by atoms with Gasteiger partial charge in [-0.2, -0.15) is 0 Å². The Hall–Kier alpha value is -1.22. The van der Waals surface area contributed by atoms with Gasteiger partial charge in [-0.1, -0.05) is 43.3 Å². The van der Waals surface area contributed by atoms with Crippen molar-refractivity contribution in [3.05, 3.63) is 41.3 Å². The Morgan fingerprint density at radius 3 is 2.62 bits per heavy atom. The van der Waals surface area contributed by atoms with Crippen LogP contribution in [0.15, 0.2) is 46.2 Å². The lowest BCUT2D eigenvalue weighted by Crippen LogP contribution is -1.99. The molecule has 0 aliphatic carbocycles. The van der Waals surface area contributed by atoms with E-state index in [2.05, 4.69) is 6.92 Å². The maximum atomic E-state index is 10.9. The van der Waals surface area contributed by atoms with Crippen LogP contribution in [-0.2, 0) is 4.79 Å². The van der Waals surface area contributed by atoms with Crippen LogP contribution in [0.1, 0.15) is 26.2 Å². The van der Waals surface area contributed by atoms with Gasteiger partial charge >= 0.3 is 5.97 Å². The van der Waals surface area contributed by atoms with Crippen LogP contribution in [-0.4, -0.2) is 11.1 Å². The number of aliphatic carboxylic acids is 1. The molecule has 0 aromatic heterocycles. The number of hydrogen-bond donors (Lipinski definition) is 1. The second-order valence-electron chi connectivity index (χ2n) is 3.48. The first-order valence-corrected chi connectivity index (χ1v) is 6.26. The highest BCUT2D eigenvalue weighted by Crippen LogP contribution is 2.22. The molecule has 1 aromatic carbocycles. The summed E-state index contributed by atoms with van der Waals surface area (Å²) in [6.07, 6.45) is 2.58. The van der Waals surface area contributed by atoms with Crippen LogP contribution >= 0.6 is 11.8 Å². The minimum Gasteiger partial charge on any atom is -0.478 e. The zero-order valence-electron chi connectivity index (χ0n) is 9.35. The topological polar surface area (TPSA) is 37.3 Å². The zero-order chi connectivity index (χ0) is 11.8. The van der Waals surface area contributed by atoms with E-state index in [4.69, 9.17) is 5.11 Å². The molecule has 0 heterocycles. The van der Waals surface area contributed by atoms with Crippen molar-refractivity contribution in [3.63, 3.8) is 0 Å². The molecule has 86 valence electrons. The van der Waals surface area contributed by atoms with E-state index < -0.39 is 5.97 Å². The molecule has 0 unspecified atom stereocenters. The number of carboxylic acid groups (broad SMARTS) is 1. The molecule has 1 aromatic rings. The third kappa shape index (κ3) is 4.53. The van der Waals surface area contributed by atoms with E-state index in [0.29, 0.717) is 12.0 Å². The quantitative estimate of drug-likeness (QED) is 0.600. The highest BCUT2D eigenvalue weighted by atomic mass is 32.2. The lowest BCUT2D eigenvalue weighted by molar-refractivity contribution is -0.132. The molecule has 0 saturated carbocycles. The van der Waals surface area contributed by atoms with Crippen molar-refractivity contribution in [3.8, 4) is 0 Å². The molecule has 0 aliphatic heterocycles. The van der Waals surface area contributed by atoms with Gasteiger partial charge in [-0.05, 0) is 30.4 Å². The summed E-state index contributed by atoms with van der Waals surface area (Å²) in [6, 6.07) is 9.79. The summed E-state index contributed by atoms with van der Waals surface area (Å²) in [5.74, 6) is -0.808. The number of rotatable bonds is 6. The molecule has 1 N–H and O–H groups in total.